The van der Waals surface area contributed by atoms with E-state index in [1.165, 1.54) is 36.1 Å². The number of hydrogen-bond donors (Lipinski definition) is 2. The Hall–Kier alpha value is -1.97. The van der Waals surface area contributed by atoms with E-state index in [-0.39, 0.29) is 0 Å². The highest BCUT2D eigenvalue weighted by atomic mass is 15.2. The van der Waals surface area contributed by atoms with Gasteiger partial charge in [-0.05, 0) is 42.5 Å². The monoisotopic (exact) mass is 242 g/mol. The van der Waals surface area contributed by atoms with E-state index in [0.29, 0.717) is 5.82 Å². The lowest BCUT2D eigenvalue weighted by Gasteiger charge is -2.19. The summed E-state index contributed by atoms with van der Waals surface area (Å²) < 4.78 is 0. The van der Waals surface area contributed by atoms with Crippen LogP contribution in [0.1, 0.15) is 23.2 Å². The van der Waals surface area contributed by atoms with Crippen molar-refractivity contribution in [2.24, 2.45) is 0 Å². The number of aromatic amines is 1. The molecule has 18 heavy (non-hydrogen) atoms. The number of hydrogen-bond acceptors (Lipinski definition) is 3. The van der Waals surface area contributed by atoms with Crippen molar-refractivity contribution in [2.45, 2.75) is 25.8 Å². The number of nitrogens with zero attached hydrogens (tertiary/aromatic N) is 2. The molecule has 0 saturated carbocycles. The number of rotatable bonds is 3. The van der Waals surface area contributed by atoms with Gasteiger partial charge in [-0.15, -0.1) is 0 Å². The van der Waals surface area contributed by atoms with Gasteiger partial charge in [-0.3, -0.25) is 5.10 Å². The van der Waals surface area contributed by atoms with E-state index in [1.54, 1.807) is 0 Å². The van der Waals surface area contributed by atoms with Gasteiger partial charge in [0.05, 0.1) is 12.2 Å². The van der Waals surface area contributed by atoms with Crippen molar-refractivity contribution in [3.63, 3.8) is 0 Å². The number of aromatic nitrogens is 2. The number of anilines is 2. The number of aryl methyl sites for hydroxylation is 2. The van der Waals surface area contributed by atoms with Gasteiger partial charge in [-0.25, -0.2) is 0 Å². The van der Waals surface area contributed by atoms with Crippen LogP contribution in [0.4, 0.5) is 11.5 Å². The average Bonchev–Trinajstić information content (AvgIpc) is 2.96. The first kappa shape index (κ1) is 11.1. The summed E-state index contributed by atoms with van der Waals surface area (Å²) in [6.07, 6.45) is 3.74. The van der Waals surface area contributed by atoms with E-state index in [2.05, 4.69) is 40.3 Å². The molecule has 1 heterocycles. The van der Waals surface area contributed by atoms with Crippen molar-refractivity contribution < 1.29 is 0 Å². The van der Waals surface area contributed by atoms with E-state index in [4.69, 9.17) is 5.73 Å². The van der Waals surface area contributed by atoms with Crippen LogP contribution in [0, 0.1) is 0 Å². The number of H-pyrrole nitrogens is 1. The molecule has 0 saturated heterocycles. The van der Waals surface area contributed by atoms with E-state index in [0.717, 1.165) is 12.2 Å². The Morgan fingerprint density at radius 1 is 1.28 bits per heavy atom. The molecule has 0 aliphatic heterocycles. The van der Waals surface area contributed by atoms with Gasteiger partial charge in [0.1, 0.15) is 5.82 Å². The molecule has 4 heteroatoms. The minimum atomic E-state index is 0.548. The van der Waals surface area contributed by atoms with E-state index in [9.17, 15) is 0 Å². The molecule has 1 aliphatic rings. The summed E-state index contributed by atoms with van der Waals surface area (Å²) in [5.74, 6) is 0.548. The molecule has 0 radical (unpaired) electrons. The van der Waals surface area contributed by atoms with Crippen LogP contribution in [-0.4, -0.2) is 17.2 Å². The number of nitrogen functional groups attached to an aromatic ring is 1. The Morgan fingerprint density at radius 2 is 2.11 bits per heavy atom. The van der Waals surface area contributed by atoms with Gasteiger partial charge in [-0.1, -0.05) is 6.07 Å². The van der Waals surface area contributed by atoms with Gasteiger partial charge in [0.15, 0.2) is 0 Å². The molecule has 3 rings (SSSR count). The number of fused-ring (bicyclic) bond motifs is 1. The highest BCUT2D eigenvalue weighted by Gasteiger charge is 2.12. The Labute approximate surface area is 107 Å². The maximum atomic E-state index is 5.61. The molecule has 4 nitrogen and oxygen atoms in total. The normalized spacial score (nSPS) is 13.6. The first-order valence-corrected chi connectivity index (χ1v) is 6.35. The van der Waals surface area contributed by atoms with Crippen molar-refractivity contribution in [2.75, 3.05) is 17.7 Å². The summed E-state index contributed by atoms with van der Waals surface area (Å²) in [5, 5.41) is 6.89. The smallest absolute Gasteiger partial charge is 0.145 e. The summed E-state index contributed by atoms with van der Waals surface area (Å²) in [6.45, 7) is 0.795. The fraction of sp³-hybridized carbons (Fsp3) is 0.357. The van der Waals surface area contributed by atoms with Crippen molar-refractivity contribution in [3.8, 4) is 0 Å². The maximum Gasteiger partial charge on any atom is 0.145 e. The molecule has 3 N–H and O–H groups in total. The number of nitrogens with two attached hydrogens (primary N) is 1. The second-order valence-corrected chi connectivity index (χ2v) is 4.98. The van der Waals surface area contributed by atoms with Crippen molar-refractivity contribution in [3.05, 3.63) is 41.1 Å². The minimum Gasteiger partial charge on any atom is -0.382 e. The zero-order valence-corrected chi connectivity index (χ0v) is 10.6. The highest BCUT2D eigenvalue weighted by Crippen LogP contribution is 2.26. The van der Waals surface area contributed by atoms with Crippen LogP contribution in [0.15, 0.2) is 24.3 Å². The summed E-state index contributed by atoms with van der Waals surface area (Å²) in [5.41, 5.74) is 10.9. The average molecular weight is 242 g/mol. The third-order valence-electron chi connectivity index (χ3n) is 3.58. The summed E-state index contributed by atoms with van der Waals surface area (Å²) in [6, 6.07) is 8.64. The summed E-state index contributed by atoms with van der Waals surface area (Å²) in [4.78, 5) is 2.21. The molecule has 0 fully saturated rings. The van der Waals surface area contributed by atoms with E-state index in [1.807, 2.05) is 6.07 Å². The van der Waals surface area contributed by atoms with Crippen molar-refractivity contribution >= 4 is 11.5 Å². The Kier molecular flexibility index (Phi) is 2.70. The predicted molar refractivity (Wildman–Crippen MR) is 73.6 cm³/mol. The lowest BCUT2D eigenvalue weighted by atomic mass is 10.1. The van der Waals surface area contributed by atoms with E-state index >= 15 is 0 Å². The van der Waals surface area contributed by atoms with Crippen LogP contribution in [0.3, 0.4) is 0 Å². The molecular formula is C14H18N4. The molecule has 1 aromatic heterocycles. The second kappa shape index (κ2) is 4.37. The molecule has 94 valence electrons. The zero-order valence-electron chi connectivity index (χ0n) is 10.6. The van der Waals surface area contributed by atoms with Gasteiger partial charge in [0.2, 0.25) is 0 Å². The van der Waals surface area contributed by atoms with Gasteiger partial charge >= 0.3 is 0 Å². The SMILES string of the molecule is CN(Cc1cc(N)n[nH]1)c1ccc2c(c1)CCC2. The number of nitrogens with one attached hydrogen (secondary N) is 1. The fourth-order valence-electron chi connectivity index (χ4n) is 2.60. The summed E-state index contributed by atoms with van der Waals surface area (Å²) in [7, 11) is 2.09. The quantitative estimate of drug-likeness (QED) is 0.866. The molecule has 0 unspecified atom stereocenters. The Bertz CT molecular complexity index is 559. The van der Waals surface area contributed by atoms with Gasteiger partial charge in [-0.2, -0.15) is 5.10 Å². The topological polar surface area (TPSA) is 57.9 Å². The molecule has 0 atom stereocenters. The van der Waals surface area contributed by atoms with Gasteiger partial charge < -0.3 is 10.6 Å². The molecule has 0 spiro atoms. The first-order valence-electron chi connectivity index (χ1n) is 6.35. The van der Waals surface area contributed by atoms with Gasteiger partial charge in [0.25, 0.3) is 0 Å². The Balaban J connectivity index is 1.78. The highest BCUT2D eigenvalue weighted by molar-refractivity contribution is 5.52. The molecule has 2 aromatic rings. The van der Waals surface area contributed by atoms with Gasteiger partial charge in [0, 0.05) is 18.8 Å². The predicted octanol–water partition coefficient (Wildman–Crippen LogP) is 2.12. The first-order chi connectivity index (χ1) is 8.72. The molecule has 1 aliphatic carbocycles. The van der Waals surface area contributed by atoms with Crippen LogP contribution in [0.25, 0.3) is 0 Å². The van der Waals surface area contributed by atoms with Crippen LogP contribution < -0.4 is 10.6 Å². The van der Waals surface area contributed by atoms with Crippen LogP contribution in [0.2, 0.25) is 0 Å². The molecule has 1 aromatic carbocycles. The van der Waals surface area contributed by atoms with Crippen LogP contribution in [0.5, 0.6) is 0 Å². The standard InChI is InChI=1S/C14H18N4/c1-18(9-12-8-14(15)17-16-12)13-6-5-10-3-2-4-11(10)7-13/h5-8H,2-4,9H2,1H3,(H3,15,16,17). The van der Waals surface area contributed by atoms with Crippen molar-refractivity contribution in [1.82, 2.24) is 10.2 Å². The van der Waals surface area contributed by atoms with E-state index < -0.39 is 0 Å². The second-order valence-electron chi connectivity index (χ2n) is 4.98. The fourth-order valence-corrected chi connectivity index (χ4v) is 2.60. The zero-order chi connectivity index (χ0) is 12.5. The van der Waals surface area contributed by atoms with Crippen molar-refractivity contribution in [1.29, 1.82) is 0 Å². The third-order valence-corrected chi connectivity index (χ3v) is 3.58. The summed E-state index contributed by atoms with van der Waals surface area (Å²) >= 11 is 0. The Morgan fingerprint density at radius 3 is 2.89 bits per heavy atom. The maximum absolute atomic E-state index is 5.61. The number of benzene rings is 1. The lowest BCUT2D eigenvalue weighted by Crippen LogP contribution is -2.16. The largest absolute Gasteiger partial charge is 0.382 e. The third kappa shape index (κ3) is 2.06. The van der Waals surface area contributed by atoms with Crippen LogP contribution in [-0.2, 0) is 19.4 Å². The van der Waals surface area contributed by atoms with Crippen LogP contribution >= 0.6 is 0 Å². The minimum absolute atomic E-state index is 0.548. The molecule has 0 bridgehead atoms. The molecule has 0 amide bonds. The molecular weight excluding hydrogens is 224 g/mol. The lowest BCUT2D eigenvalue weighted by molar-refractivity contribution is 0.868.